The highest BCUT2D eigenvalue weighted by atomic mass is 32.2. The second kappa shape index (κ2) is 8.56. The topological polar surface area (TPSA) is 12.0 Å². The smallest absolute Gasteiger partial charge is 0.0276 e. The van der Waals surface area contributed by atoms with E-state index in [2.05, 4.69) is 51.0 Å². The lowest BCUT2D eigenvalue weighted by atomic mass is 9.81. The standard InChI is InChI=1S/C17H35NS/c1-6-17(7-2,19-5)13-18-16-10-8-9-15(12-16)11-14(3)4/h14-16,18H,6-13H2,1-5H3. The number of hydrogen-bond donors (Lipinski definition) is 1. The Morgan fingerprint density at radius 1 is 1.21 bits per heavy atom. The molecule has 1 rings (SSSR count). The highest BCUT2D eigenvalue weighted by molar-refractivity contribution is 8.00. The van der Waals surface area contributed by atoms with Crippen LogP contribution >= 0.6 is 11.8 Å². The Balaban J connectivity index is 2.39. The zero-order chi connectivity index (χ0) is 14.3. The lowest BCUT2D eigenvalue weighted by Gasteiger charge is -2.35. The van der Waals surface area contributed by atoms with E-state index in [1.165, 1.54) is 51.5 Å². The summed E-state index contributed by atoms with van der Waals surface area (Å²) in [5, 5.41) is 3.90. The van der Waals surface area contributed by atoms with E-state index in [0.29, 0.717) is 4.75 Å². The number of nitrogens with one attached hydrogen (secondary N) is 1. The summed E-state index contributed by atoms with van der Waals surface area (Å²) in [7, 11) is 0. The fourth-order valence-electron chi connectivity index (χ4n) is 3.55. The fourth-order valence-corrected chi connectivity index (χ4v) is 4.35. The van der Waals surface area contributed by atoms with Crippen LogP contribution in [0.4, 0.5) is 0 Å². The van der Waals surface area contributed by atoms with Gasteiger partial charge < -0.3 is 5.32 Å². The Hall–Kier alpha value is 0.310. The van der Waals surface area contributed by atoms with Crippen LogP contribution in [0.15, 0.2) is 0 Å². The van der Waals surface area contributed by atoms with Gasteiger partial charge in [-0.2, -0.15) is 11.8 Å². The average molecular weight is 286 g/mol. The second-order valence-electron chi connectivity index (χ2n) is 6.83. The van der Waals surface area contributed by atoms with Crippen LogP contribution in [0.5, 0.6) is 0 Å². The van der Waals surface area contributed by atoms with Gasteiger partial charge in [-0.25, -0.2) is 0 Å². The van der Waals surface area contributed by atoms with Crippen molar-refractivity contribution in [3.8, 4) is 0 Å². The quantitative estimate of drug-likeness (QED) is 0.665. The normalized spacial score (nSPS) is 24.9. The molecule has 0 heterocycles. The molecule has 1 saturated carbocycles. The lowest BCUT2D eigenvalue weighted by molar-refractivity contribution is 0.247. The molecule has 2 heteroatoms. The molecular formula is C17H35NS. The molecule has 1 N–H and O–H groups in total. The summed E-state index contributed by atoms with van der Waals surface area (Å²) in [6.07, 6.45) is 12.0. The summed E-state index contributed by atoms with van der Waals surface area (Å²) in [5.74, 6) is 1.83. The third-order valence-electron chi connectivity index (χ3n) is 5.02. The molecular weight excluding hydrogens is 250 g/mol. The van der Waals surface area contributed by atoms with Crippen LogP contribution in [0.1, 0.15) is 72.6 Å². The highest BCUT2D eigenvalue weighted by Crippen LogP contribution is 2.32. The molecule has 114 valence electrons. The van der Waals surface area contributed by atoms with Crippen LogP contribution in [0, 0.1) is 11.8 Å². The summed E-state index contributed by atoms with van der Waals surface area (Å²) < 4.78 is 0.463. The first-order chi connectivity index (χ1) is 9.05. The molecule has 1 aliphatic carbocycles. The summed E-state index contributed by atoms with van der Waals surface area (Å²) in [4.78, 5) is 0. The maximum atomic E-state index is 3.90. The van der Waals surface area contributed by atoms with Gasteiger partial charge >= 0.3 is 0 Å². The van der Waals surface area contributed by atoms with Crippen molar-refractivity contribution >= 4 is 11.8 Å². The first-order valence-corrected chi connectivity index (χ1v) is 9.56. The molecule has 1 aliphatic rings. The monoisotopic (exact) mass is 285 g/mol. The SMILES string of the molecule is CCC(CC)(CNC1CCCC(CC(C)C)C1)SC. The van der Waals surface area contributed by atoms with Gasteiger partial charge in [-0.05, 0) is 50.2 Å². The molecule has 0 amide bonds. The Labute approximate surface area is 125 Å². The zero-order valence-corrected chi connectivity index (χ0v) is 14.6. The number of rotatable bonds is 8. The number of hydrogen-bond acceptors (Lipinski definition) is 2. The van der Waals surface area contributed by atoms with Crippen LogP contribution in [0.3, 0.4) is 0 Å². The molecule has 2 unspecified atom stereocenters. The van der Waals surface area contributed by atoms with Crippen LogP contribution < -0.4 is 5.32 Å². The van der Waals surface area contributed by atoms with Gasteiger partial charge in [0.15, 0.2) is 0 Å². The first-order valence-electron chi connectivity index (χ1n) is 8.33. The fraction of sp³-hybridized carbons (Fsp3) is 1.00. The molecule has 2 atom stereocenters. The van der Waals surface area contributed by atoms with E-state index in [1.54, 1.807) is 0 Å². The Morgan fingerprint density at radius 2 is 1.89 bits per heavy atom. The summed E-state index contributed by atoms with van der Waals surface area (Å²) >= 11 is 2.05. The van der Waals surface area contributed by atoms with Crippen molar-refractivity contribution in [1.82, 2.24) is 5.32 Å². The van der Waals surface area contributed by atoms with Crippen molar-refractivity contribution in [3.05, 3.63) is 0 Å². The predicted octanol–water partition coefficient (Wildman–Crippen LogP) is 5.10. The van der Waals surface area contributed by atoms with E-state index < -0.39 is 0 Å². The van der Waals surface area contributed by atoms with E-state index in [4.69, 9.17) is 0 Å². The van der Waals surface area contributed by atoms with Gasteiger partial charge in [0, 0.05) is 17.3 Å². The van der Waals surface area contributed by atoms with E-state index in [1.807, 2.05) is 0 Å². The molecule has 0 spiro atoms. The maximum absolute atomic E-state index is 3.90. The molecule has 0 radical (unpaired) electrons. The molecule has 0 bridgehead atoms. The van der Waals surface area contributed by atoms with Gasteiger partial charge in [-0.3, -0.25) is 0 Å². The molecule has 1 nitrogen and oxygen atoms in total. The van der Waals surface area contributed by atoms with Gasteiger partial charge in [-0.1, -0.05) is 40.5 Å². The number of thioether (sulfide) groups is 1. The summed E-state index contributed by atoms with van der Waals surface area (Å²) in [6.45, 7) is 10.6. The molecule has 0 aromatic heterocycles. The van der Waals surface area contributed by atoms with Gasteiger partial charge in [0.2, 0.25) is 0 Å². The van der Waals surface area contributed by atoms with Gasteiger partial charge in [-0.15, -0.1) is 0 Å². The highest BCUT2D eigenvalue weighted by Gasteiger charge is 2.28. The lowest BCUT2D eigenvalue weighted by Crippen LogP contribution is -2.43. The van der Waals surface area contributed by atoms with E-state index in [9.17, 15) is 0 Å². The van der Waals surface area contributed by atoms with E-state index >= 15 is 0 Å². The average Bonchev–Trinajstić information content (AvgIpc) is 2.41. The first kappa shape index (κ1) is 17.4. The third kappa shape index (κ3) is 5.67. The zero-order valence-electron chi connectivity index (χ0n) is 13.8. The van der Waals surface area contributed by atoms with Crippen LogP contribution in [0.25, 0.3) is 0 Å². The minimum atomic E-state index is 0.463. The molecule has 0 aliphatic heterocycles. The van der Waals surface area contributed by atoms with E-state index in [0.717, 1.165) is 17.9 Å². The van der Waals surface area contributed by atoms with Crippen LogP contribution in [-0.4, -0.2) is 23.6 Å². The minimum Gasteiger partial charge on any atom is -0.313 e. The molecule has 19 heavy (non-hydrogen) atoms. The maximum Gasteiger partial charge on any atom is 0.0276 e. The summed E-state index contributed by atoms with van der Waals surface area (Å²) in [5.41, 5.74) is 0. The Morgan fingerprint density at radius 3 is 2.42 bits per heavy atom. The molecule has 1 fully saturated rings. The van der Waals surface area contributed by atoms with Crippen molar-refractivity contribution in [2.75, 3.05) is 12.8 Å². The van der Waals surface area contributed by atoms with Crippen molar-refractivity contribution in [2.24, 2.45) is 11.8 Å². The minimum absolute atomic E-state index is 0.463. The van der Waals surface area contributed by atoms with Gasteiger partial charge in [0.1, 0.15) is 0 Å². The largest absolute Gasteiger partial charge is 0.313 e. The van der Waals surface area contributed by atoms with E-state index in [-0.39, 0.29) is 0 Å². The molecule has 0 aromatic carbocycles. The summed E-state index contributed by atoms with van der Waals surface area (Å²) in [6, 6.07) is 0.780. The van der Waals surface area contributed by atoms with Crippen molar-refractivity contribution < 1.29 is 0 Å². The van der Waals surface area contributed by atoms with Gasteiger partial charge in [0.05, 0.1) is 0 Å². The third-order valence-corrected chi connectivity index (χ3v) is 6.61. The van der Waals surface area contributed by atoms with Gasteiger partial charge in [0.25, 0.3) is 0 Å². The van der Waals surface area contributed by atoms with Crippen molar-refractivity contribution in [1.29, 1.82) is 0 Å². The molecule has 0 saturated heterocycles. The van der Waals surface area contributed by atoms with Crippen molar-refractivity contribution in [2.45, 2.75) is 83.4 Å². The molecule has 0 aromatic rings. The predicted molar refractivity (Wildman–Crippen MR) is 90.0 cm³/mol. The van der Waals surface area contributed by atoms with Crippen LogP contribution in [0.2, 0.25) is 0 Å². The Kier molecular flexibility index (Phi) is 7.83. The van der Waals surface area contributed by atoms with Crippen LogP contribution in [-0.2, 0) is 0 Å². The second-order valence-corrected chi connectivity index (χ2v) is 8.11. The Bertz CT molecular complexity index is 227. The van der Waals surface area contributed by atoms with Crippen molar-refractivity contribution in [3.63, 3.8) is 0 Å².